The SMILES string of the molecule is Cc1ccc([C@@H]2[C@@H](C(=O)NCCN3CCN(S(C)(=O)=O)CC3)CC(=O)N2C)cc1. The van der Waals surface area contributed by atoms with Gasteiger partial charge in [-0.15, -0.1) is 0 Å². The van der Waals surface area contributed by atoms with Crippen molar-refractivity contribution in [2.75, 3.05) is 52.6 Å². The molecule has 9 heteroatoms. The number of amides is 2. The van der Waals surface area contributed by atoms with Crippen LogP contribution in [0.25, 0.3) is 0 Å². The number of carbonyl (C=O) groups excluding carboxylic acids is 2. The van der Waals surface area contributed by atoms with Crippen molar-refractivity contribution in [3.8, 4) is 0 Å². The molecule has 0 radical (unpaired) electrons. The van der Waals surface area contributed by atoms with Gasteiger partial charge in [-0.05, 0) is 12.5 Å². The lowest BCUT2D eigenvalue weighted by molar-refractivity contribution is -0.128. The predicted octanol–water partition coefficient (Wildman–Crippen LogP) is 0.208. The van der Waals surface area contributed by atoms with Crippen molar-refractivity contribution in [1.82, 2.24) is 19.4 Å². The van der Waals surface area contributed by atoms with Crippen molar-refractivity contribution in [3.05, 3.63) is 35.4 Å². The van der Waals surface area contributed by atoms with E-state index >= 15 is 0 Å². The second-order valence-electron chi connectivity index (χ2n) is 7.97. The summed E-state index contributed by atoms with van der Waals surface area (Å²) in [4.78, 5) is 28.9. The number of hydrogen-bond donors (Lipinski definition) is 1. The normalized spacial score (nSPS) is 24.1. The molecule has 160 valence electrons. The van der Waals surface area contributed by atoms with Gasteiger partial charge in [0.15, 0.2) is 0 Å². The minimum Gasteiger partial charge on any atom is -0.354 e. The first-order chi connectivity index (χ1) is 13.7. The first-order valence-corrected chi connectivity index (χ1v) is 11.8. The van der Waals surface area contributed by atoms with E-state index in [0.29, 0.717) is 39.3 Å². The molecule has 0 spiro atoms. The molecule has 2 heterocycles. The third-order valence-electron chi connectivity index (χ3n) is 5.87. The minimum absolute atomic E-state index is 0.0207. The van der Waals surface area contributed by atoms with E-state index in [4.69, 9.17) is 0 Å². The van der Waals surface area contributed by atoms with Crippen LogP contribution in [0.5, 0.6) is 0 Å². The summed E-state index contributed by atoms with van der Waals surface area (Å²) in [6.07, 6.45) is 1.45. The van der Waals surface area contributed by atoms with Crippen molar-refractivity contribution in [2.24, 2.45) is 5.92 Å². The van der Waals surface area contributed by atoms with E-state index in [0.717, 1.165) is 11.1 Å². The second-order valence-corrected chi connectivity index (χ2v) is 9.95. The lowest BCUT2D eigenvalue weighted by Gasteiger charge is -2.33. The Morgan fingerprint density at radius 1 is 1.14 bits per heavy atom. The van der Waals surface area contributed by atoms with E-state index in [1.807, 2.05) is 31.2 Å². The van der Waals surface area contributed by atoms with Crippen LogP contribution in [0.15, 0.2) is 24.3 Å². The highest BCUT2D eigenvalue weighted by Gasteiger charge is 2.42. The Morgan fingerprint density at radius 3 is 2.34 bits per heavy atom. The number of carbonyl (C=O) groups is 2. The van der Waals surface area contributed by atoms with Crippen LogP contribution < -0.4 is 5.32 Å². The number of rotatable bonds is 6. The standard InChI is InChI=1S/C20H30N4O4S/c1-15-4-6-16(7-5-15)19-17(14-18(25)22(19)2)20(26)21-8-9-23-10-12-24(13-11-23)29(3,27)28/h4-7,17,19H,8-14H2,1-3H3,(H,21,26)/t17-,19+/m0/s1. The fraction of sp³-hybridized carbons (Fsp3) is 0.600. The van der Waals surface area contributed by atoms with Crippen molar-refractivity contribution >= 4 is 21.8 Å². The van der Waals surface area contributed by atoms with E-state index in [1.165, 1.54) is 10.6 Å². The van der Waals surface area contributed by atoms with Crippen LogP contribution in [-0.4, -0.2) is 86.9 Å². The number of nitrogens with zero attached hydrogens (tertiary/aromatic N) is 3. The zero-order valence-corrected chi connectivity index (χ0v) is 18.1. The number of nitrogens with one attached hydrogen (secondary N) is 1. The molecule has 2 atom stereocenters. The monoisotopic (exact) mass is 422 g/mol. The maximum absolute atomic E-state index is 12.8. The predicted molar refractivity (Wildman–Crippen MR) is 111 cm³/mol. The topological polar surface area (TPSA) is 90.0 Å². The number of piperazine rings is 1. The fourth-order valence-electron chi connectivity index (χ4n) is 4.08. The van der Waals surface area contributed by atoms with Gasteiger partial charge in [0.05, 0.1) is 18.2 Å². The summed E-state index contributed by atoms with van der Waals surface area (Å²) in [6.45, 7) is 5.41. The molecule has 1 aromatic carbocycles. The number of aryl methyl sites for hydroxylation is 1. The Balaban J connectivity index is 1.53. The molecule has 2 aliphatic heterocycles. The summed E-state index contributed by atoms with van der Waals surface area (Å²) in [5, 5.41) is 2.97. The van der Waals surface area contributed by atoms with Crippen LogP contribution in [0.3, 0.4) is 0 Å². The van der Waals surface area contributed by atoms with Crippen LogP contribution in [0.4, 0.5) is 0 Å². The van der Waals surface area contributed by atoms with Gasteiger partial charge in [0.1, 0.15) is 0 Å². The molecule has 2 aliphatic rings. The Bertz CT molecular complexity index is 848. The smallest absolute Gasteiger partial charge is 0.226 e. The van der Waals surface area contributed by atoms with Crippen molar-refractivity contribution in [3.63, 3.8) is 0 Å². The molecule has 2 fully saturated rings. The largest absolute Gasteiger partial charge is 0.354 e. The Kier molecular flexibility index (Phi) is 6.60. The van der Waals surface area contributed by atoms with Crippen molar-refractivity contribution < 1.29 is 18.0 Å². The van der Waals surface area contributed by atoms with Crippen LogP contribution in [-0.2, 0) is 19.6 Å². The van der Waals surface area contributed by atoms with Gasteiger partial charge in [0, 0.05) is 52.7 Å². The second kappa shape index (κ2) is 8.81. The van der Waals surface area contributed by atoms with Gasteiger partial charge in [-0.2, -0.15) is 4.31 Å². The average Bonchev–Trinajstić information content (AvgIpc) is 2.97. The van der Waals surface area contributed by atoms with E-state index < -0.39 is 15.9 Å². The van der Waals surface area contributed by atoms with E-state index in [1.54, 1.807) is 11.9 Å². The Hall–Kier alpha value is -1.97. The number of likely N-dealkylation sites (tertiary alicyclic amines) is 1. The molecule has 0 unspecified atom stereocenters. The van der Waals surface area contributed by atoms with Crippen LogP contribution in [0.2, 0.25) is 0 Å². The maximum Gasteiger partial charge on any atom is 0.226 e. The summed E-state index contributed by atoms with van der Waals surface area (Å²) in [5.41, 5.74) is 2.11. The van der Waals surface area contributed by atoms with Gasteiger partial charge in [0.2, 0.25) is 21.8 Å². The molecule has 1 N–H and O–H groups in total. The number of benzene rings is 1. The third kappa shape index (κ3) is 5.15. The van der Waals surface area contributed by atoms with Gasteiger partial charge in [-0.25, -0.2) is 8.42 Å². The minimum atomic E-state index is -3.14. The van der Waals surface area contributed by atoms with Crippen molar-refractivity contribution in [1.29, 1.82) is 0 Å². The molecule has 0 aliphatic carbocycles. The van der Waals surface area contributed by atoms with Gasteiger partial charge in [0.25, 0.3) is 0 Å². The van der Waals surface area contributed by atoms with E-state index in [9.17, 15) is 18.0 Å². The molecule has 0 saturated carbocycles. The molecule has 0 bridgehead atoms. The summed E-state index contributed by atoms with van der Waals surface area (Å²) in [6, 6.07) is 7.71. The molecule has 1 aromatic rings. The lowest BCUT2D eigenvalue weighted by Crippen LogP contribution is -2.50. The molecule has 29 heavy (non-hydrogen) atoms. The summed E-state index contributed by atoms with van der Waals surface area (Å²) in [5.74, 6) is -0.534. The number of sulfonamides is 1. The summed E-state index contributed by atoms with van der Waals surface area (Å²) >= 11 is 0. The van der Waals surface area contributed by atoms with Crippen molar-refractivity contribution in [2.45, 2.75) is 19.4 Å². The van der Waals surface area contributed by atoms with Gasteiger partial charge < -0.3 is 10.2 Å². The lowest BCUT2D eigenvalue weighted by atomic mass is 9.92. The molecule has 8 nitrogen and oxygen atoms in total. The Labute approximate surface area is 172 Å². The zero-order chi connectivity index (χ0) is 21.2. The number of hydrogen-bond acceptors (Lipinski definition) is 5. The quantitative estimate of drug-likeness (QED) is 0.708. The highest BCUT2D eigenvalue weighted by atomic mass is 32.2. The maximum atomic E-state index is 12.8. The van der Waals surface area contributed by atoms with E-state index in [-0.39, 0.29) is 24.3 Å². The zero-order valence-electron chi connectivity index (χ0n) is 17.3. The van der Waals surface area contributed by atoms with Gasteiger partial charge >= 0.3 is 0 Å². The average molecular weight is 423 g/mol. The molecule has 2 saturated heterocycles. The fourth-order valence-corrected chi connectivity index (χ4v) is 4.90. The first kappa shape index (κ1) is 21.7. The third-order valence-corrected chi connectivity index (χ3v) is 7.17. The first-order valence-electron chi connectivity index (χ1n) is 9.94. The van der Waals surface area contributed by atoms with Gasteiger partial charge in [-0.1, -0.05) is 29.8 Å². The highest BCUT2D eigenvalue weighted by Crippen LogP contribution is 2.37. The molecular formula is C20H30N4O4S. The van der Waals surface area contributed by atoms with Crippen LogP contribution in [0.1, 0.15) is 23.6 Å². The molecule has 3 rings (SSSR count). The molecule has 2 amide bonds. The van der Waals surface area contributed by atoms with E-state index in [2.05, 4.69) is 10.2 Å². The molecular weight excluding hydrogens is 392 g/mol. The van der Waals surface area contributed by atoms with Crippen LogP contribution >= 0.6 is 0 Å². The Morgan fingerprint density at radius 2 is 1.76 bits per heavy atom. The van der Waals surface area contributed by atoms with Gasteiger partial charge in [-0.3, -0.25) is 14.5 Å². The molecule has 0 aromatic heterocycles. The highest BCUT2D eigenvalue weighted by molar-refractivity contribution is 7.88. The van der Waals surface area contributed by atoms with Crippen LogP contribution in [0, 0.1) is 12.8 Å². The summed E-state index contributed by atoms with van der Waals surface area (Å²) < 4.78 is 24.6. The summed E-state index contributed by atoms with van der Waals surface area (Å²) in [7, 11) is -1.39.